The molecule has 0 amide bonds. The second-order valence-corrected chi connectivity index (χ2v) is 8.02. The summed E-state index contributed by atoms with van der Waals surface area (Å²) in [6, 6.07) is 10.7. The fourth-order valence-corrected chi connectivity index (χ4v) is 4.05. The van der Waals surface area contributed by atoms with Crippen molar-refractivity contribution < 1.29 is 0 Å². The summed E-state index contributed by atoms with van der Waals surface area (Å²) < 4.78 is 0.300. The van der Waals surface area contributed by atoms with E-state index in [1.54, 1.807) is 0 Å². The topological polar surface area (TPSA) is 28.2 Å². The van der Waals surface area contributed by atoms with Crippen molar-refractivity contribution in [3.05, 3.63) is 35.9 Å². The number of aromatic nitrogens is 1. The third-order valence-electron chi connectivity index (χ3n) is 3.91. The SMILES string of the molecule is CNCc1cc(N2CCSC(C)(C)C2)nc2ccccc12. The van der Waals surface area contributed by atoms with Crippen molar-refractivity contribution in [3.8, 4) is 0 Å². The minimum absolute atomic E-state index is 0.300. The first kappa shape index (κ1) is 14.7. The zero-order valence-electron chi connectivity index (χ0n) is 13.0. The van der Waals surface area contributed by atoms with E-state index in [9.17, 15) is 0 Å². The highest BCUT2D eigenvalue weighted by Gasteiger charge is 2.28. The Morgan fingerprint density at radius 1 is 1.33 bits per heavy atom. The van der Waals surface area contributed by atoms with Gasteiger partial charge in [0.05, 0.1) is 5.52 Å². The highest BCUT2D eigenvalue weighted by atomic mass is 32.2. The van der Waals surface area contributed by atoms with Crippen LogP contribution in [0.5, 0.6) is 0 Å². The van der Waals surface area contributed by atoms with Crippen LogP contribution in [0.1, 0.15) is 19.4 Å². The summed E-state index contributed by atoms with van der Waals surface area (Å²) in [5.74, 6) is 2.29. The molecule has 1 saturated heterocycles. The third-order valence-corrected chi connectivity index (χ3v) is 5.20. The lowest BCUT2D eigenvalue weighted by molar-refractivity contribution is 0.642. The standard InChI is InChI=1S/C17H23N3S/c1-17(2)12-20(8-9-21-17)16-10-13(11-18-3)14-6-4-5-7-15(14)19-16/h4-7,10,18H,8-9,11-12H2,1-3H3. The summed E-state index contributed by atoms with van der Waals surface area (Å²) in [4.78, 5) is 7.33. The normalized spacial score (nSPS) is 18.1. The molecule has 2 heterocycles. The van der Waals surface area contributed by atoms with Crippen LogP contribution in [0.15, 0.2) is 30.3 Å². The van der Waals surface area contributed by atoms with Gasteiger partial charge < -0.3 is 10.2 Å². The zero-order chi connectivity index (χ0) is 14.9. The summed E-state index contributed by atoms with van der Waals surface area (Å²) in [5.41, 5.74) is 2.42. The molecule has 0 radical (unpaired) electrons. The Balaban J connectivity index is 2.02. The van der Waals surface area contributed by atoms with Gasteiger partial charge in [0.1, 0.15) is 5.82 Å². The van der Waals surface area contributed by atoms with Gasteiger partial charge in [-0.2, -0.15) is 11.8 Å². The molecule has 1 aromatic heterocycles. The van der Waals surface area contributed by atoms with Crippen molar-refractivity contribution in [1.29, 1.82) is 0 Å². The van der Waals surface area contributed by atoms with Crippen molar-refractivity contribution in [2.24, 2.45) is 0 Å². The summed E-state index contributed by atoms with van der Waals surface area (Å²) in [6.07, 6.45) is 0. The van der Waals surface area contributed by atoms with Gasteiger partial charge in [-0.3, -0.25) is 0 Å². The van der Waals surface area contributed by atoms with Gasteiger partial charge in [0.2, 0.25) is 0 Å². The number of thioether (sulfide) groups is 1. The van der Waals surface area contributed by atoms with Crippen LogP contribution in [-0.4, -0.2) is 35.6 Å². The number of nitrogens with zero attached hydrogens (tertiary/aromatic N) is 2. The molecule has 1 N–H and O–H groups in total. The van der Waals surface area contributed by atoms with Gasteiger partial charge in [-0.1, -0.05) is 18.2 Å². The number of nitrogens with one attached hydrogen (secondary N) is 1. The van der Waals surface area contributed by atoms with Crippen LogP contribution >= 0.6 is 11.8 Å². The van der Waals surface area contributed by atoms with Crippen LogP contribution in [0, 0.1) is 0 Å². The molecule has 0 bridgehead atoms. The van der Waals surface area contributed by atoms with Gasteiger partial charge in [0.15, 0.2) is 0 Å². The number of fused-ring (bicyclic) bond motifs is 1. The number of anilines is 1. The molecular weight excluding hydrogens is 278 g/mol. The molecule has 2 aromatic rings. The van der Waals surface area contributed by atoms with Gasteiger partial charge in [-0.05, 0) is 38.6 Å². The van der Waals surface area contributed by atoms with Crippen molar-refractivity contribution in [2.75, 3.05) is 30.8 Å². The van der Waals surface area contributed by atoms with E-state index < -0.39 is 0 Å². The number of hydrogen-bond donors (Lipinski definition) is 1. The Kier molecular flexibility index (Phi) is 4.09. The minimum Gasteiger partial charge on any atom is -0.354 e. The first-order valence-electron chi connectivity index (χ1n) is 7.51. The van der Waals surface area contributed by atoms with E-state index in [0.717, 1.165) is 31.0 Å². The minimum atomic E-state index is 0.300. The zero-order valence-corrected chi connectivity index (χ0v) is 13.8. The van der Waals surface area contributed by atoms with Crippen molar-refractivity contribution in [2.45, 2.75) is 25.1 Å². The summed E-state index contributed by atoms with van der Waals surface area (Å²) >= 11 is 2.06. The van der Waals surface area contributed by atoms with Crippen LogP contribution in [0.3, 0.4) is 0 Å². The third kappa shape index (κ3) is 3.16. The molecule has 0 atom stereocenters. The van der Waals surface area contributed by atoms with E-state index in [1.807, 2.05) is 7.05 Å². The molecule has 1 aliphatic heterocycles. The monoisotopic (exact) mass is 301 g/mol. The maximum absolute atomic E-state index is 4.90. The molecule has 21 heavy (non-hydrogen) atoms. The largest absolute Gasteiger partial charge is 0.354 e. The predicted molar refractivity (Wildman–Crippen MR) is 93.3 cm³/mol. The Labute approximate surface area is 131 Å². The highest BCUT2D eigenvalue weighted by Crippen LogP contribution is 2.32. The summed E-state index contributed by atoms with van der Waals surface area (Å²) in [5, 5.41) is 4.52. The van der Waals surface area contributed by atoms with Gasteiger partial charge in [0.25, 0.3) is 0 Å². The average Bonchev–Trinajstić information content (AvgIpc) is 2.46. The number of para-hydroxylation sites is 1. The molecule has 0 saturated carbocycles. The average molecular weight is 301 g/mol. The Morgan fingerprint density at radius 3 is 2.90 bits per heavy atom. The van der Waals surface area contributed by atoms with Crippen molar-refractivity contribution >= 4 is 28.5 Å². The molecule has 3 nitrogen and oxygen atoms in total. The number of rotatable bonds is 3. The predicted octanol–water partition coefficient (Wildman–Crippen LogP) is 3.29. The van der Waals surface area contributed by atoms with Gasteiger partial charge in [-0.25, -0.2) is 4.98 Å². The van der Waals surface area contributed by atoms with Gasteiger partial charge >= 0.3 is 0 Å². The molecule has 0 aliphatic carbocycles. The molecule has 1 aromatic carbocycles. The highest BCUT2D eigenvalue weighted by molar-refractivity contribution is 8.00. The summed E-state index contributed by atoms with van der Waals surface area (Å²) in [6.45, 7) is 7.65. The maximum atomic E-state index is 4.90. The Hall–Kier alpha value is -1.26. The number of hydrogen-bond acceptors (Lipinski definition) is 4. The first-order chi connectivity index (χ1) is 10.1. The van der Waals surface area contributed by atoms with Crippen LogP contribution < -0.4 is 10.2 Å². The molecule has 1 fully saturated rings. The van der Waals surface area contributed by atoms with Gasteiger partial charge in [-0.15, -0.1) is 0 Å². The molecule has 0 spiro atoms. The van der Waals surface area contributed by atoms with Crippen molar-refractivity contribution in [1.82, 2.24) is 10.3 Å². The van der Waals surface area contributed by atoms with E-state index in [4.69, 9.17) is 4.98 Å². The van der Waals surface area contributed by atoms with E-state index >= 15 is 0 Å². The smallest absolute Gasteiger partial charge is 0.129 e. The first-order valence-corrected chi connectivity index (χ1v) is 8.50. The Bertz CT molecular complexity index is 639. The summed E-state index contributed by atoms with van der Waals surface area (Å²) in [7, 11) is 2.00. The Morgan fingerprint density at radius 2 is 2.14 bits per heavy atom. The van der Waals surface area contributed by atoms with Gasteiger partial charge in [0, 0.05) is 35.5 Å². The molecule has 1 aliphatic rings. The van der Waals surface area contributed by atoms with E-state index in [-0.39, 0.29) is 0 Å². The fourth-order valence-electron chi connectivity index (χ4n) is 2.94. The van der Waals surface area contributed by atoms with E-state index in [2.05, 4.69) is 66.2 Å². The molecule has 3 rings (SSSR count). The molecule has 112 valence electrons. The molecule has 0 unspecified atom stereocenters. The second-order valence-electron chi connectivity index (χ2n) is 6.22. The lowest BCUT2D eigenvalue weighted by atomic mass is 10.1. The molecule has 4 heteroatoms. The lowest BCUT2D eigenvalue weighted by Gasteiger charge is -2.38. The fraction of sp³-hybridized carbons (Fsp3) is 0.471. The number of pyridine rings is 1. The molecular formula is C17H23N3S. The van der Waals surface area contributed by atoms with Crippen LogP contribution in [0.25, 0.3) is 10.9 Å². The van der Waals surface area contributed by atoms with Crippen LogP contribution in [0.2, 0.25) is 0 Å². The second kappa shape index (κ2) is 5.85. The number of benzene rings is 1. The quantitative estimate of drug-likeness (QED) is 0.941. The maximum Gasteiger partial charge on any atom is 0.129 e. The van der Waals surface area contributed by atoms with Crippen LogP contribution in [-0.2, 0) is 6.54 Å². The van der Waals surface area contributed by atoms with E-state index in [1.165, 1.54) is 16.7 Å². The lowest BCUT2D eigenvalue weighted by Crippen LogP contribution is -2.43. The van der Waals surface area contributed by atoms with Crippen LogP contribution in [0.4, 0.5) is 5.82 Å². The van der Waals surface area contributed by atoms with Crippen molar-refractivity contribution in [3.63, 3.8) is 0 Å². The van der Waals surface area contributed by atoms with E-state index in [0.29, 0.717) is 4.75 Å².